The Bertz CT molecular complexity index is 1320. The van der Waals surface area contributed by atoms with Crippen LogP contribution >= 0.6 is 11.6 Å². The van der Waals surface area contributed by atoms with Crippen molar-refractivity contribution in [1.82, 2.24) is 9.80 Å². The minimum absolute atomic E-state index is 0.0607. The molecule has 1 fully saturated rings. The number of Topliss-reactive ketones (excluding diaryl/α,β-unsaturated/α-hetero) is 1. The number of aliphatic hydroxyl groups excluding tert-OH is 1. The van der Waals surface area contributed by atoms with Crippen LogP contribution in [0, 0.1) is 6.92 Å². The summed E-state index contributed by atoms with van der Waals surface area (Å²) in [6.45, 7) is 3.58. The fraction of sp³-hybridized carbons (Fsp3) is 0.267. The number of carbonyl (C=O) groups is 2. The Kier molecular flexibility index (Phi) is 8.31. The molecule has 0 radical (unpaired) electrons. The zero-order chi connectivity index (χ0) is 26.5. The van der Waals surface area contributed by atoms with Gasteiger partial charge in [0, 0.05) is 17.1 Å². The lowest BCUT2D eigenvalue weighted by atomic mass is 9.95. The first-order valence-corrected chi connectivity index (χ1v) is 12.6. The molecule has 1 heterocycles. The van der Waals surface area contributed by atoms with Crippen molar-refractivity contribution < 1.29 is 19.4 Å². The molecule has 0 bridgehead atoms. The van der Waals surface area contributed by atoms with Crippen molar-refractivity contribution in [1.29, 1.82) is 0 Å². The number of aliphatic hydroxyl groups is 1. The Labute approximate surface area is 222 Å². The van der Waals surface area contributed by atoms with Crippen molar-refractivity contribution in [3.63, 3.8) is 0 Å². The van der Waals surface area contributed by atoms with E-state index in [1.54, 1.807) is 42.5 Å². The molecule has 1 amide bonds. The molecule has 1 saturated heterocycles. The Morgan fingerprint density at radius 3 is 2.43 bits per heavy atom. The molecule has 3 aromatic rings. The predicted octanol–water partition coefficient (Wildman–Crippen LogP) is 5.60. The minimum atomic E-state index is -0.724. The first-order valence-electron chi connectivity index (χ1n) is 12.2. The first kappa shape index (κ1) is 26.5. The monoisotopic (exact) mass is 518 g/mol. The highest BCUT2D eigenvalue weighted by Gasteiger charge is 2.45. The van der Waals surface area contributed by atoms with Gasteiger partial charge in [-0.3, -0.25) is 9.59 Å². The molecule has 4 rings (SSSR count). The third kappa shape index (κ3) is 6.21. The summed E-state index contributed by atoms with van der Waals surface area (Å²) in [4.78, 5) is 29.8. The Morgan fingerprint density at radius 2 is 1.76 bits per heavy atom. The van der Waals surface area contributed by atoms with Gasteiger partial charge in [0.15, 0.2) is 0 Å². The van der Waals surface area contributed by atoms with Crippen LogP contribution in [0.3, 0.4) is 0 Å². The number of aryl methyl sites for hydroxylation is 1. The van der Waals surface area contributed by atoms with Gasteiger partial charge in [0.25, 0.3) is 11.7 Å². The van der Waals surface area contributed by atoms with Gasteiger partial charge in [0.1, 0.15) is 18.1 Å². The van der Waals surface area contributed by atoms with Gasteiger partial charge in [-0.25, -0.2) is 0 Å². The normalized spacial score (nSPS) is 17.0. The molecule has 0 spiro atoms. The summed E-state index contributed by atoms with van der Waals surface area (Å²) in [5.41, 5.74) is 3.39. The molecule has 7 heteroatoms. The van der Waals surface area contributed by atoms with Gasteiger partial charge in [0.2, 0.25) is 0 Å². The van der Waals surface area contributed by atoms with Gasteiger partial charge in [-0.2, -0.15) is 0 Å². The van der Waals surface area contributed by atoms with Crippen LogP contribution in [-0.2, 0) is 16.2 Å². The maximum absolute atomic E-state index is 13.2. The second-order valence-electron chi connectivity index (χ2n) is 9.51. The smallest absolute Gasteiger partial charge is 0.295 e. The van der Waals surface area contributed by atoms with E-state index in [4.69, 9.17) is 16.3 Å². The number of ether oxygens (including phenoxy) is 1. The quantitative estimate of drug-likeness (QED) is 0.227. The van der Waals surface area contributed by atoms with Crippen molar-refractivity contribution in [3.05, 3.63) is 106 Å². The number of nitrogens with zero attached hydrogens (tertiary/aromatic N) is 2. The van der Waals surface area contributed by atoms with Gasteiger partial charge in [-0.1, -0.05) is 53.6 Å². The van der Waals surface area contributed by atoms with E-state index in [-0.39, 0.29) is 11.3 Å². The lowest BCUT2D eigenvalue weighted by molar-refractivity contribution is -0.139. The van der Waals surface area contributed by atoms with Gasteiger partial charge >= 0.3 is 0 Å². The van der Waals surface area contributed by atoms with Gasteiger partial charge in [-0.05, 0) is 81.5 Å². The van der Waals surface area contributed by atoms with Crippen molar-refractivity contribution in [2.75, 3.05) is 27.2 Å². The Balaban J connectivity index is 1.63. The Hall–Kier alpha value is -3.61. The average molecular weight is 519 g/mol. The highest BCUT2D eigenvalue weighted by Crippen LogP contribution is 2.40. The largest absolute Gasteiger partial charge is 0.507 e. The average Bonchev–Trinajstić information content (AvgIpc) is 3.12. The van der Waals surface area contributed by atoms with Crippen molar-refractivity contribution in [2.45, 2.75) is 26.0 Å². The van der Waals surface area contributed by atoms with Gasteiger partial charge < -0.3 is 19.6 Å². The number of hydrogen-bond donors (Lipinski definition) is 1. The van der Waals surface area contributed by atoms with Crippen LogP contribution in [0.4, 0.5) is 0 Å². The van der Waals surface area contributed by atoms with Crippen LogP contribution in [0.5, 0.6) is 5.75 Å². The zero-order valence-electron chi connectivity index (χ0n) is 21.3. The summed E-state index contributed by atoms with van der Waals surface area (Å²) in [7, 11) is 3.91. The maximum Gasteiger partial charge on any atom is 0.295 e. The molecule has 6 nitrogen and oxygen atoms in total. The summed E-state index contributed by atoms with van der Waals surface area (Å²) in [5.74, 6) is -0.909. The predicted molar refractivity (Wildman–Crippen MR) is 146 cm³/mol. The van der Waals surface area contributed by atoms with E-state index in [0.717, 1.165) is 17.7 Å². The molecule has 1 aliphatic rings. The number of amides is 1. The highest BCUT2D eigenvalue weighted by atomic mass is 35.5. The molecule has 3 aromatic carbocycles. The fourth-order valence-corrected chi connectivity index (χ4v) is 4.72. The number of rotatable bonds is 9. The number of ketones is 1. The Morgan fingerprint density at radius 1 is 1.03 bits per heavy atom. The van der Waals surface area contributed by atoms with E-state index < -0.39 is 17.7 Å². The van der Waals surface area contributed by atoms with E-state index in [1.165, 1.54) is 4.90 Å². The number of halogens is 1. The van der Waals surface area contributed by atoms with Crippen LogP contribution < -0.4 is 4.74 Å². The van der Waals surface area contributed by atoms with Gasteiger partial charge in [0.05, 0.1) is 11.6 Å². The second-order valence-corrected chi connectivity index (χ2v) is 9.94. The van der Waals surface area contributed by atoms with E-state index in [0.29, 0.717) is 41.5 Å². The molecule has 0 aromatic heterocycles. The SMILES string of the molecule is Cc1cccc(COc2ccc(/C(O)=C3\C(=O)C(=O)N(CCCN(C)C)C3c3cccc(Cl)c3)cc2)c1. The van der Waals surface area contributed by atoms with E-state index in [9.17, 15) is 14.7 Å². The molecule has 0 saturated carbocycles. The molecule has 1 atom stereocenters. The maximum atomic E-state index is 13.2. The topological polar surface area (TPSA) is 70.1 Å². The zero-order valence-corrected chi connectivity index (χ0v) is 22.0. The van der Waals surface area contributed by atoms with Crippen molar-refractivity contribution in [2.24, 2.45) is 0 Å². The molecule has 1 N–H and O–H groups in total. The van der Waals surface area contributed by atoms with E-state index in [1.807, 2.05) is 50.2 Å². The van der Waals surface area contributed by atoms with Gasteiger partial charge in [-0.15, -0.1) is 0 Å². The molecule has 1 unspecified atom stereocenters. The summed E-state index contributed by atoms with van der Waals surface area (Å²) in [6.07, 6.45) is 0.685. The number of benzene rings is 3. The summed E-state index contributed by atoms with van der Waals surface area (Å²) < 4.78 is 5.88. The van der Waals surface area contributed by atoms with Crippen LogP contribution in [0.1, 0.15) is 34.7 Å². The molecule has 37 heavy (non-hydrogen) atoms. The van der Waals surface area contributed by atoms with Crippen LogP contribution in [0.15, 0.2) is 78.4 Å². The standard InChI is InChI=1S/C30H31ClN2O4/c1-20-7-4-8-21(17-20)19-37-25-13-11-22(12-14-25)28(34)26-27(23-9-5-10-24(31)18-23)33(30(36)29(26)35)16-6-15-32(2)3/h4-5,7-14,17-18,27,34H,6,15-16,19H2,1-3H3/b28-26+. The number of likely N-dealkylation sites (tertiary alicyclic amines) is 1. The molecular formula is C30H31ClN2O4. The van der Waals surface area contributed by atoms with E-state index >= 15 is 0 Å². The summed E-state index contributed by atoms with van der Waals surface area (Å²) in [5, 5.41) is 11.8. The summed E-state index contributed by atoms with van der Waals surface area (Å²) >= 11 is 6.25. The number of carbonyl (C=O) groups excluding carboxylic acids is 2. The molecule has 1 aliphatic heterocycles. The van der Waals surface area contributed by atoms with Crippen molar-refractivity contribution in [3.8, 4) is 5.75 Å². The van der Waals surface area contributed by atoms with Crippen molar-refractivity contribution >= 4 is 29.1 Å². The minimum Gasteiger partial charge on any atom is -0.507 e. The van der Waals surface area contributed by atoms with Crippen LogP contribution in [0.2, 0.25) is 5.02 Å². The van der Waals surface area contributed by atoms with Crippen LogP contribution in [-0.4, -0.2) is 53.8 Å². The van der Waals surface area contributed by atoms with E-state index in [2.05, 4.69) is 6.07 Å². The first-order chi connectivity index (χ1) is 17.7. The second kappa shape index (κ2) is 11.6. The molecular weight excluding hydrogens is 488 g/mol. The highest BCUT2D eigenvalue weighted by molar-refractivity contribution is 6.46. The van der Waals surface area contributed by atoms with Crippen LogP contribution in [0.25, 0.3) is 5.76 Å². The third-order valence-corrected chi connectivity index (χ3v) is 6.56. The lowest BCUT2D eigenvalue weighted by Crippen LogP contribution is -2.32. The number of hydrogen-bond acceptors (Lipinski definition) is 5. The third-order valence-electron chi connectivity index (χ3n) is 6.32. The molecule has 0 aliphatic carbocycles. The summed E-state index contributed by atoms with van der Waals surface area (Å²) in [6, 6.07) is 21.3. The lowest BCUT2D eigenvalue weighted by Gasteiger charge is -2.26. The fourth-order valence-electron chi connectivity index (χ4n) is 4.52. The molecule has 192 valence electrons.